The SMILES string of the molecule is NC(=O)c1ccc(C(=O)CCNC(=O)OCC2c3ccccc3-c3ccccc32)cc1N. The van der Waals surface area contributed by atoms with E-state index < -0.39 is 12.0 Å². The number of anilines is 1. The predicted octanol–water partition coefficient (Wildman–Crippen LogP) is 3.48. The van der Waals surface area contributed by atoms with Crippen LogP contribution in [0.3, 0.4) is 0 Å². The lowest BCUT2D eigenvalue weighted by Gasteiger charge is -2.14. The van der Waals surface area contributed by atoms with Crippen molar-refractivity contribution in [1.82, 2.24) is 5.32 Å². The van der Waals surface area contributed by atoms with Gasteiger partial charge in [0.05, 0.1) is 5.56 Å². The molecule has 7 heteroatoms. The quantitative estimate of drug-likeness (QED) is 0.392. The monoisotopic (exact) mass is 429 g/mol. The average molecular weight is 429 g/mol. The number of benzene rings is 3. The second-order valence-corrected chi connectivity index (χ2v) is 7.59. The summed E-state index contributed by atoms with van der Waals surface area (Å²) in [7, 11) is 0. The van der Waals surface area contributed by atoms with Crippen LogP contribution < -0.4 is 16.8 Å². The van der Waals surface area contributed by atoms with Gasteiger partial charge in [-0.15, -0.1) is 0 Å². The van der Waals surface area contributed by atoms with E-state index in [4.69, 9.17) is 16.2 Å². The molecule has 0 saturated carbocycles. The van der Waals surface area contributed by atoms with Crippen molar-refractivity contribution in [3.8, 4) is 11.1 Å². The molecule has 7 nitrogen and oxygen atoms in total. The number of carbonyl (C=O) groups is 3. The van der Waals surface area contributed by atoms with Gasteiger partial charge in [0.2, 0.25) is 0 Å². The summed E-state index contributed by atoms with van der Waals surface area (Å²) >= 11 is 0. The molecule has 0 aromatic heterocycles. The fraction of sp³-hybridized carbons (Fsp3) is 0.160. The third-order valence-corrected chi connectivity index (χ3v) is 5.60. The Morgan fingerprint density at radius 2 is 1.53 bits per heavy atom. The molecule has 4 rings (SSSR count). The summed E-state index contributed by atoms with van der Waals surface area (Å²) in [6.45, 7) is 0.325. The standard InChI is InChI=1S/C25H23N3O4/c26-22-13-15(9-10-20(22)24(27)30)23(29)11-12-28-25(31)32-14-21-18-7-3-1-5-16(18)17-6-2-4-8-19(17)21/h1-10,13,21H,11-12,14,26H2,(H2,27,30)(H,28,31). The number of nitrogens with two attached hydrogens (primary N) is 2. The molecule has 3 aromatic rings. The molecule has 0 aliphatic heterocycles. The molecule has 0 atom stereocenters. The summed E-state index contributed by atoms with van der Waals surface area (Å²) in [5, 5.41) is 2.61. The maximum atomic E-state index is 12.3. The fourth-order valence-corrected chi connectivity index (χ4v) is 4.03. The van der Waals surface area contributed by atoms with E-state index in [9.17, 15) is 14.4 Å². The van der Waals surface area contributed by atoms with Crippen LogP contribution in [0.1, 0.15) is 44.2 Å². The third kappa shape index (κ3) is 4.18. The van der Waals surface area contributed by atoms with Crippen molar-refractivity contribution < 1.29 is 19.1 Å². The number of primary amides is 1. The fourth-order valence-electron chi connectivity index (χ4n) is 4.03. The van der Waals surface area contributed by atoms with Crippen molar-refractivity contribution in [3.63, 3.8) is 0 Å². The Hall–Kier alpha value is -4.13. The molecule has 5 N–H and O–H groups in total. The summed E-state index contributed by atoms with van der Waals surface area (Å²) in [4.78, 5) is 35.8. The van der Waals surface area contributed by atoms with Crippen molar-refractivity contribution in [2.24, 2.45) is 5.73 Å². The largest absolute Gasteiger partial charge is 0.449 e. The molecule has 2 amide bonds. The van der Waals surface area contributed by atoms with Gasteiger partial charge in [-0.25, -0.2) is 4.79 Å². The molecule has 162 valence electrons. The number of alkyl carbamates (subject to hydrolysis) is 1. The zero-order valence-corrected chi connectivity index (χ0v) is 17.3. The Balaban J connectivity index is 1.30. The molecule has 1 aliphatic carbocycles. The Kier molecular flexibility index (Phi) is 5.89. The van der Waals surface area contributed by atoms with Gasteiger partial charge in [0.25, 0.3) is 5.91 Å². The highest BCUT2D eigenvalue weighted by Gasteiger charge is 2.28. The van der Waals surface area contributed by atoms with E-state index in [0.717, 1.165) is 22.3 Å². The number of ether oxygens (including phenoxy) is 1. The van der Waals surface area contributed by atoms with Crippen LogP contribution in [0.4, 0.5) is 10.5 Å². The van der Waals surface area contributed by atoms with E-state index in [1.807, 2.05) is 24.3 Å². The van der Waals surface area contributed by atoms with Crippen LogP contribution in [0.15, 0.2) is 66.7 Å². The maximum absolute atomic E-state index is 12.3. The van der Waals surface area contributed by atoms with Gasteiger partial charge in [-0.3, -0.25) is 9.59 Å². The van der Waals surface area contributed by atoms with E-state index >= 15 is 0 Å². The summed E-state index contributed by atoms with van der Waals surface area (Å²) < 4.78 is 5.46. The molecular weight excluding hydrogens is 406 g/mol. The number of nitrogen functional groups attached to an aromatic ring is 1. The number of rotatable bonds is 7. The molecule has 3 aromatic carbocycles. The molecule has 32 heavy (non-hydrogen) atoms. The third-order valence-electron chi connectivity index (χ3n) is 5.60. The molecule has 1 aliphatic rings. The molecule has 0 heterocycles. The number of hydrogen-bond donors (Lipinski definition) is 3. The Morgan fingerprint density at radius 3 is 2.12 bits per heavy atom. The lowest BCUT2D eigenvalue weighted by Crippen LogP contribution is -2.28. The van der Waals surface area contributed by atoms with E-state index in [2.05, 4.69) is 29.6 Å². The Bertz CT molecular complexity index is 1160. The number of amides is 2. The normalized spacial score (nSPS) is 12.0. The van der Waals surface area contributed by atoms with Crippen LogP contribution in [0.25, 0.3) is 11.1 Å². The number of fused-ring (bicyclic) bond motifs is 3. The van der Waals surface area contributed by atoms with E-state index in [0.29, 0.717) is 5.56 Å². The molecule has 0 fully saturated rings. The minimum absolute atomic E-state index is 0.0264. The first-order valence-electron chi connectivity index (χ1n) is 10.3. The van der Waals surface area contributed by atoms with Gasteiger partial charge in [-0.1, -0.05) is 54.6 Å². The first kappa shape index (κ1) is 21.1. The summed E-state index contributed by atoms with van der Waals surface area (Å²) in [6, 6.07) is 20.5. The highest BCUT2D eigenvalue weighted by Crippen LogP contribution is 2.44. The van der Waals surface area contributed by atoms with Crippen LogP contribution in [0.5, 0.6) is 0 Å². The predicted molar refractivity (Wildman–Crippen MR) is 121 cm³/mol. The summed E-state index contributed by atoms with van der Waals surface area (Å²) in [6.07, 6.45) is -0.511. The van der Waals surface area contributed by atoms with Gasteiger partial charge in [0.15, 0.2) is 5.78 Å². The van der Waals surface area contributed by atoms with Crippen molar-refractivity contribution in [1.29, 1.82) is 0 Å². The van der Waals surface area contributed by atoms with Crippen LogP contribution >= 0.6 is 0 Å². The number of Topliss-reactive ketones (excluding diaryl/α,β-unsaturated/α-hetero) is 1. The van der Waals surface area contributed by atoms with Crippen molar-refractivity contribution in [2.75, 3.05) is 18.9 Å². The zero-order chi connectivity index (χ0) is 22.7. The van der Waals surface area contributed by atoms with Crippen LogP contribution in [-0.2, 0) is 4.74 Å². The first-order valence-corrected chi connectivity index (χ1v) is 10.3. The van der Waals surface area contributed by atoms with E-state index in [1.54, 1.807) is 0 Å². The topological polar surface area (TPSA) is 125 Å². The van der Waals surface area contributed by atoms with Crippen molar-refractivity contribution in [3.05, 3.63) is 89.0 Å². The minimum Gasteiger partial charge on any atom is -0.449 e. The highest BCUT2D eigenvalue weighted by molar-refractivity contribution is 6.02. The first-order chi connectivity index (χ1) is 15.5. The van der Waals surface area contributed by atoms with Gasteiger partial charge in [0, 0.05) is 30.1 Å². The molecule has 0 unspecified atom stereocenters. The smallest absolute Gasteiger partial charge is 0.407 e. The lowest BCUT2D eigenvalue weighted by molar-refractivity contribution is 0.0975. The van der Waals surface area contributed by atoms with Crippen LogP contribution in [0.2, 0.25) is 0 Å². The van der Waals surface area contributed by atoms with Gasteiger partial charge in [0.1, 0.15) is 6.61 Å². The van der Waals surface area contributed by atoms with Gasteiger partial charge in [-0.2, -0.15) is 0 Å². The van der Waals surface area contributed by atoms with Gasteiger partial charge < -0.3 is 21.5 Å². The van der Waals surface area contributed by atoms with Gasteiger partial charge >= 0.3 is 6.09 Å². The van der Waals surface area contributed by atoms with Gasteiger partial charge in [-0.05, 0) is 34.4 Å². The Morgan fingerprint density at radius 1 is 0.906 bits per heavy atom. The molecule has 0 saturated heterocycles. The van der Waals surface area contributed by atoms with Crippen molar-refractivity contribution >= 4 is 23.5 Å². The maximum Gasteiger partial charge on any atom is 0.407 e. The van der Waals surface area contributed by atoms with E-state index in [1.165, 1.54) is 18.2 Å². The second-order valence-electron chi connectivity index (χ2n) is 7.59. The highest BCUT2D eigenvalue weighted by atomic mass is 16.5. The zero-order valence-electron chi connectivity index (χ0n) is 17.3. The minimum atomic E-state index is -0.654. The second kappa shape index (κ2) is 8.93. The Labute approximate surface area is 185 Å². The number of hydrogen-bond acceptors (Lipinski definition) is 5. The van der Waals surface area contributed by atoms with E-state index in [-0.39, 0.29) is 42.5 Å². The molecular formula is C25H23N3O4. The van der Waals surface area contributed by atoms with Crippen molar-refractivity contribution in [2.45, 2.75) is 12.3 Å². The van der Waals surface area contributed by atoms with Crippen LogP contribution in [-0.4, -0.2) is 30.9 Å². The molecule has 0 spiro atoms. The molecule has 0 bridgehead atoms. The summed E-state index contributed by atoms with van der Waals surface area (Å²) in [5.74, 6) is -0.897. The molecule has 0 radical (unpaired) electrons. The lowest BCUT2D eigenvalue weighted by atomic mass is 9.98. The number of nitrogens with one attached hydrogen (secondary N) is 1. The average Bonchev–Trinajstić information content (AvgIpc) is 3.11. The number of carbonyl (C=O) groups excluding carboxylic acids is 3. The van der Waals surface area contributed by atoms with Crippen LogP contribution in [0, 0.1) is 0 Å². The number of ketones is 1. The summed E-state index contributed by atoms with van der Waals surface area (Å²) in [5.41, 5.74) is 16.2.